The first-order valence-electron chi connectivity index (χ1n) is 8.39. The predicted octanol–water partition coefficient (Wildman–Crippen LogP) is 1.13. The Morgan fingerprint density at radius 1 is 1.28 bits per heavy atom. The van der Waals surface area contributed by atoms with E-state index in [0.29, 0.717) is 37.4 Å². The maximum absolute atomic E-state index is 12.6. The minimum atomic E-state index is -0.226. The van der Waals surface area contributed by atoms with Gasteiger partial charge in [-0.25, -0.2) is 0 Å². The molecule has 3 rings (SSSR count). The Kier molecular flexibility index (Phi) is 4.92. The van der Waals surface area contributed by atoms with Gasteiger partial charge in [0.15, 0.2) is 6.61 Å². The number of methoxy groups -OCH3 is 1. The second-order valence-electron chi connectivity index (χ2n) is 6.42. The maximum Gasteiger partial charge on any atom is 0.308 e. The van der Waals surface area contributed by atoms with Crippen molar-refractivity contribution in [3.8, 4) is 5.75 Å². The highest BCUT2D eigenvalue weighted by Crippen LogP contribution is 2.33. The molecular formula is C18H22N2O5. The Balaban J connectivity index is 1.67. The third-order valence-corrected chi connectivity index (χ3v) is 4.73. The minimum Gasteiger partial charge on any atom is -0.482 e. The number of hydrogen-bond donors (Lipinski definition) is 0. The number of anilines is 1. The highest BCUT2D eigenvalue weighted by molar-refractivity contribution is 6.02. The zero-order valence-electron chi connectivity index (χ0n) is 14.5. The van der Waals surface area contributed by atoms with Crippen molar-refractivity contribution in [3.63, 3.8) is 0 Å². The minimum absolute atomic E-state index is 0.0124. The van der Waals surface area contributed by atoms with Gasteiger partial charge < -0.3 is 14.4 Å². The molecule has 7 heteroatoms. The number of piperidine rings is 1. The van der Waals surface area contributed by atoms with E-state index >= 15 is 0 Å². The van der Waals surface area contributed by atoms with E-state index in [-0.39, 0.29) is 36.9 Å². The lowest BCUT2D eigenvalue weighted by molar-refractivity contribution is -0.148. The quantitative estimate of drug-likeness (QED) is 0.767. The smallest absolute Gasteiger partial charge is 0.308 e. The molecule has 2 amide bonds. The van der Waals surface area contributed by atoms with Gasteiger partial charge in [-0.1, -0.05) is 6.07 Å². The summed E-state index contributed by atoms with van der Waals surface area (Å²) in [5, 5.41) is 0. The summed E-state index contributed by atoms with van der Waals surface area (Å²) < 4.78 is 10.2. The molecule has 0 unspecified atom stereocenters. The zero-order chi connectivity index (χ0) is 18.0. The first-order valence-corrected chi connectivity index (χ1v) is 8.39. The Hall–Kier alpha value is -2.57. The summed E-state index contributed by atoms with van der Waals surface area (Å²) >= 11 is 0. The van der Waals surface area contributed by atoms with Gasteiger partial charge in [-0.05, 0) is 37.5 Å². The first kappa shape index (κ1) is 17.3. The molecule has 25 heavy (non-hydrogen) atoms. The van der Waals surface area contributed by atoms with E-state index in [2.05, 4.69) is 0 Å². The van der Waals surface area contributed by atoms with Crippen molar-refractivity contribution in [3.05, 3.63) is 23.8 Å². The van der Waals surface area contributed by atoms with Gasteiger partial charge in [0, 0.05) is 13.1 Å². The Morgan fingerprint density at radius 3 is 2.68 bits per heavy atom. The van der Waals surface area contributed by atoms with Crippen LogP contribution in [0.2, 0.25) is 0 Å². The number of esters is 1. The molecule has 0 radical (unpaired) electrons. The lowest BCUT2D eigenvalue weighted by Gasteiger charge is -2.34. The molecule has 2 aliphatic heterocycles. The van der Waals surface area contributed by atoms with Crippen LogP contribution in [0.15, 0.2) is 18.2 Å². The first-order chi connectivity index (χ1) is 12.0. The summed E-state index contributed by atoms with van der Waals surface area (Å²) in [5.74, 6) is -0.105. The average Bonchev–Trinajstić information content (AvgIpc) is 2.63. The largest absolute Gasteiger partial charge is 0.482 e. The molecule has 1 fully saturated rings. The fraction of sp³-hybridized carbons (Fsp3) is 0.500. The molecule has 1 aromatic carbocycles. The van der Waals surface area contributed by atoms with E-state index in [1.807, 2.05) is 25.1 Å². The number of ether oxygens (including phenoxy) is 2. The van der Waals surface area contributed by atoms with Crippen LogP contribution in [0.25, 0.3) is 0 Å². The van der Waals surface area contributed by atoms with Gasteiger partial charge in [0.1, 0.15) is 12.3 Å². The molecule has 0 spiro atoms. The Morgan fingerprint density at radius 2 is 2.00 bits per heavy atom. The van der Waals surface area contributed by atoms with Crippen LogP contribution in [0.5, 0.6) is 5.75 Å². The van der Waals surface area contributed by atoms with Crippen molar-refractivity contribution < 1.29 is 23.9 Å². The number of carbonyl (C=O) groups excluding carboxylic acids is 3. The monoisotopic (exact) mass is 346 g/mol. The number of fused-ring (bicyclic) bond motifs is 1. The standard InChI is InChI=1S/C18H22N2O5/c1-12-3-4-15-14(9-12)20(17(22)11-25-15)10-16(21)19-7-5-13(6-8-19)18(23)24-2/h3-4,9,13H,5-8,10-11H2,1-2H3. The highest BCUT2D eigenvalue weighted by atomic mass is 16.5. The number of benzene rings is 1. The number of likely N-dealkylation sites (tertiary alicyclic amines) is 1. The summed E-state index contributed by atoms with van der Waals surface area (Å²) in [6, 6.07) is 5.58. The van der Waals surface area contributed by atoms with Crippen LogP contribution in [0.4, 0.5) is 5.69 Å². The van der Waals surface area contributed by atoms with Crippen LogP contribution in [0.3, 0.4) is 0 Å². The van der Waals surface area contributed by atoms with E-state index in [1.54, 1.807) is 4.90 Å². The average molecular weight is 346 g/mol. The van der Waals surface area contributed by atoms with Gasteiger partial charge in [-0.15, -0.1) is 0 Å². The summed E-state index contributed by atoms with van der Waals surface area (Å²) in [5.41, 5.74) is 1.63. The van der Waals surface area contributed by atoms with Crippen molar-refractivity contribution in [2.24, 2.45) is 5.92 Å². The van der Waals surface area contributed by atoms with Crippen molar-refractivity contribution >= 4 is 23.5 Å². The SMILES string of the molecule is COC(=O)C1CCN(C(=O)CN2C(=O)COc3ccc(C)cc32)CC1. The third kappa shape index (κ3) is 3.60. The van der Waals surface area contributed by atoms with E-state index in [4.69, 9.17) is 9.47 Å². The van der Waals surface area contributed by atoms with Crippen LogP contribution >= 0.6 is 0 Å². The summed E-state index contributed by atoms with van der Waals surface area (Å²) in [6.45, 7) is 2.85. The number of aryl methyl sites for hydroxylation is 1. The molecule has 2 aliphatic rings. The lowest BCUT2D eigenvalue weighted by atomic mass is 9.97. The van der Waals surface area contributed by atoms with Crippen molar-refractivity contribution in [2.45, 2.75) is 19.8 Å². The van der Waals surface area contributed by atoms with Crippen molar-refractivity contribution in [2.75, 3.05) is 38.3 Å². The second-order valence-corrected chi connectivity index (χ2v) is 6.42. The molecular weight excluding hydrogens is 324 g/mol. The van der Waals surface area contributed by atoms with Crippen molar-refractivity contribution in [1.82, 2.24) is 4.90 Å². The van der Waals surface area contributed by atoms with Gasteiger partial charge in [-0.3, -0.25) is 19.3 Å². The van der Waals surface area contributed by atoms with Crippen LogP contribution in [-0.2, 0) is 19.1 Å². The normalized spacial score (nSPS) is 17.8. The van der Waals surface area contributed by atoms with Gasteiger partial charge in [0.2, 0.25) is 5.91 Å². The fourth-order valence-corrected chi connectivity index (χ4v) is 3.25. The number of amides is 2. The maximum atomic E-state index is 12.6. The van der Waals surface area contributed by atoms with Crippen LogP contribution in [-0.4, -0.2) is 56.0 Å². The summed E-state index contributed by atoms with van der Waals surface area (Å²) in [4.78, 5) is 39.6. The van der Waals surface area contributed by atoms with Gasteiger partial charge >= 0.3 is 5.97 Å². The topological polar surface area (TPSA) is 76.2 Å². The molecule has 0 aromatic heterocycles. The lowest BCUT2D eigenvalue weighted by Crippen LogP contribution is -2.48. The molecule has 0 N–H and O–H groups in total. The molecule has 0 atom stereocenters. The molecule has 134 valence electrons. The van der Waals surface area contributed by atoms with Crippen LogP contribution < -0.4 is 9.64 Å². The van der Waals surface area contributed by atoms with E-state index in [1.165, 1.54) is 12.0 Å². The van der Waals surface area contributed by atoms with Gasteiger partial charge in [0.25, 0.3) is 5.91 Å². The van der Waals surface area contributed by atoms with Crippen molar-refractivity contribution in [1.29, 1.82) is 0 Å². The molecule has 7 nitrogen and oxygen atoms in total. The van der Waals surface area contributed by atoms with Crippen LogP contribution in [0, 0.1) is 12.8 Å². The Bertz CT molecular complexity index is 695. The zero-order valence-corrected chi connectivity index (χ0v) is 14.5. The van der Waals surface area contributed by atoms with E-state index in [0.717, 1.165) is 5.56 Å². The fourth-order valence-electron chi connectivity index (χ4n) is 3.25. The third-order valence-electron chi connectivity index (χ3n) is 4.73. The van der Waals surface area contributed by atoms with Gasteiger partial charge in [-0.2, -0.15) is 0 Å². The predicted molar refractivity (Wildman–Crippen MR) is 90.3 cm³/mol. The highest BCUT2D eigenvalue weighted by Gasteiger charge is 2.32. The number of nitrogens with zero attached hydrogens (tertiary/aromatic N) is 2. The summed E-state index contributed by atoms with van der Waals surface area (Å²) in [6.07, 6.45) is 1.18. The molecule has 0 saturated carbocycles. The van der Waals surface area contributed by atoms with Gasteiger partial charge in [0.05, 0.1) is 18.7 Å². The molecule has 0 bridgehead atoms. The number of rotatable bonds is 3. The molecule has 2 heterocycles. The number of hydrogen-bond acceptors (Lipinski definition) is 5. The molecule has 0 aliphatic carbocycles. The second kappa shape index (κ2) is 7.13. The van der Waals surface area contributed by atoms with Crippen LogP contribution in [0.1, 0.15) is 18.4 Å². The van der Waals surface area contributed by atoms with E-state index in [9.17, 15) is 14.4 Å². The molecule has 1 saturated heterocycles. The molecule has 1 aromatic rings. The Labute approximate surface area is 146 Å². The summed E-state index contributed by atoms with van der Waals surface area (Å²) in [7, 11) is 1.38. The number of carbonyl (C=O) groups is 3. The van der Waals surface area contributed by atoms with E-state index < -0.39 is 0 Å².